The van der Waals surface area contributed by atoms with Crippen molar-refractivity contribution in [2.24, 2.45) is 0 Å². The molecule has 5 rings (SSSR count). The van der Waals surface area contributed by atoms with Gasteiger partial charge in [-0.2, -0.15) is 0 Å². The quantitative estimate of drug-likeness (QED) is 0.238. The summed E-state index contributed by atoms with van der Waals surface area (Å²) in [6.45, 7) is 2.43. The van der Waals surface area contributed by atoms with Gasteiger partial charge in [-0.1, -0.05) is 23.5 Å². The third kappa shape index (κ3) is 4.00. The highest BCUT2D eigenvalue weighted by molar-refractivity contribution is 7.22. The largest absolute Gasteiger partial charge is 0.507 e. The van der Waals surface area contributed by atoms with Gasteiger partial charge in [0, 0.05) is 18.0 Å². The predicted octanol–water partition coefficient (Wildman–Crippen LogP) is 4.72. The van der Waals surface area contributed by atoms with E-state index in [9.17, 15) is 14.7 Å². The van der Waals surface area contributed by atoms with E-state index < -0.39 is 17.7 Å². The van der Waals surface area contributed by atoms with Gasteiger partial charge in [0.25, 0.3) is 5.78 Å². The third-order valence-corrected chi connectivity index (χ3v) is 6.69. The number of thiazole rings is 1. The smallest absolute Gasteiger partial charge is 0.301 e. The summed E-state index contributed by atoms with van der Waals surface area (Å²) >= 11 is 1.28. The van der Waals surface area contributed by atoms with Gasteiger partial charge in [-0.05, 0) is 55.0 Å². The fraction of sp³-hybridized carbons (Fsp3) is 0.154. The zero-order chi connectivity index (χ0) is 24.5. The lowest BCUT2D eigenvalue weighted by Gasteiger charge is -2.22. The molecular formula is C26H21N3O5S. The summed E-state index contributed by atoms with van der Waals surface area (Å²) in [5.41, 5.74) is 1.64. The van der Waals surface area contributed by atoms with Crippen LogP contribution in [-0.4, -0.2) is 40.5 Å². The molecule has 176 valence electrons. The number of nitrogens with zero attached hydrogens (tertiary/aromatic N) is 3. The van der Waals surface area contributed by atoms with E-state index in [0.717, 1.165) is 4.70 Å². The third-order valence-electron chi connectivity index (χ3n) is 5.68. The summed E-state index contributed by atoms with van der Waals surface area (Å²) in [4.78, 5) is 36.7. The van der Waals surface area contributed by atoms with Crippen molar-refractivity contribution < 1.29 is 24.2 Å². The predicted molar refractivity (Wildman–Crippen MR) is 133 cm³/mol. The highest BCUT2D eigenvalue weighted by atomic mass is 32.1. The van der Waals surface area contributed by atoms with Gasteiger partial charge in [0.2, 0.25) is 0 Å². The van der Waals surface area contributed by atoms with Crippen LogP contribution in [0.1, 0.15) is 24.1 Å². The number of methoxy groups -OCH3 is 1. The molecule has 8 nitrogen and oxygen atoms in total. The second-order valence-electron chi connectivity index (χ2n) is 7.74. The topological polar surface area (TPSA) is 102 Å². The minimum Gasteiger partial charge on any atom is -0.507 e. The van der Waals surface area contributed by atoms with Gasteiger partial charge in [0.15, 0.2) is 5.13 Å². The molecule has 9 heteroatoms. The van der Waals surface area contributed by atoms with E-state index in [1.807, 2.05) is 25.1 Å². The molecule has 1 aliphatic heterocycles. The Morgan fingerprint density at radius 2 is 1.89 bits per heavy atom. The lowest BCUT2D eigenvalue weighted by Crippen LogP contribution is -2.29. The van der Waals surface area contributed by atoms with Crippen LogP contribution in [0.2, 0.25) is 0 Å². The number of hydrogen-bond donors (Lipinski definition) is 1. The number of benzene rings is 2. The number of rotatable bonds is 6. The molecule has 35 heavy (non-hydrogen) atoms. The van der Waals surface area contributed by atoms with Gasteiger partial charge in [0.1, 0.15) is 17.3 Å². The minimum atomic E-state index is -0.879. The monoisotopic (exact) mass is 487 g/mol. The molecule has 0 saturated carbocycles. The maximum atomic E-state index is 13.3. The first kappa shape index (κ1) is 22.5. The van der Waals surface area contributed by atoms with Gasteiger partial charge in [0.05, 0.1) is 35.5 Å². The zero-order valence-electron chi connectivity index (χ0n) is 19.0. The molecule has 1 atom stereocenters. The average molecular weight is 488 g/mol. The van der Waals surface area contributed by atoms with E-state index in [1.165, 1.54) is 23.3 Å². The molecule has 4 aromatic rings. The van der Waals surface area contributed by atoms with Crippen LogP contribution in [-0.2, 0) is 9.59 Å². The number of anilines is 1. The van der Waals surface area contributed by atoms with Crippen molar-refractivity contribution >= 4 is 44.1 Å². The number of ketones is 1. The van der Waals surface area contributed by atoms with Crippen LogP contribution < -0.4 is 14.4 Å². The number of pyridine rings is 1. The van der Waals surface area contributed by atoms with Crippen molar-refractivity contribution in [2.45, 2.75) is 13.0 Å². The number of hydrogen-bond acceptors (Lipinski definition) is 8. The number of carbonyl (C=O) groups excluding carboxylic acids is 2. The number of fused-ring (bicyclic) bond motifs is 1. The Morgan fingerprint density at radius 3 is 2.63 bits per heavy atom. The van der Waals surface area contributed by atoms with E-state index in [2.05, 4.69) is 9.97 Å². The summed E-state index contributed by atoms with van der Waals surface area (Å²) < 4.78 is 11.6. The van der Waals surface area contributed by atoms with Crippen LogP contribution in [0, 0.1) is 0 Å². The molecule has 0 radical (unpaired) electrons. The Bertz CT molecular complexity index is 1460. The first-order chi connectivity index (χ1) is 17.0. The molecule has 1 unspecified atom stereocenters. The first-order valence-corrected chi connectivity index (χ1v) is 11.7. The van der Waals surface area contributed by atoms with E-state index in [0.29, 0.717) is 39.9 Å². The molecule has 1 N–H and O–H groups in total. The number of aliphatic hydroxyl groups excluding tert-OH is 1. The summed E-state index contributed by atoms with van der Waals surface area (Å²) in [5, 5.41) is 11.6. The fourth-order valence-corrected chi connectivity index (χ4v) is 5.09. The molecule has 1 fully saturated rings. The average Bonchev–Trinajstić information content (AvgIpc) is 3.42. The molecule has 0 bridgehead atoms. The zero-order valence-corrected chi connectivity index (χ0v) is 19.8. The molecular weight excluding hydrogens is 466 g/mol. The first-order valence-electron chi connectivity index (χ1n) is 10.9. The number of amides is 1. The molecule has 0 spiro atoms. The van der Waals surface area contributed by atoms with Crippen molar-refractivity contribution in [3.63, 3.8) is 0 Å². The fourth-order valence-electron chi connectivity index (χ4n) is 4.07. The highest BCUT2D eigenvalue weighted by Crippen LogP contribution is 2.44. The highest BCUT2D eigenvalue weighted by Gasteiger charge is 2.48. The van der Waals surface area contributed by atoms with Crippen LogP contribution in [0.4, 0.5) is 5.13 Å². The van der Waals surface area contributed by atoms with Crippen molar-refractivity contribution in [1.82, 2.24) is 9.97 Å². The van der Waals surface area contributed by atoms with Gasteiger partial charge >= 0.3 is 5.91 Å². The Kier molecular flexibility index (Phi) is 5.92. The standard InChI is InChI=1S/C26H21N3O5S/c1-3-34-18-7-8-19-20(14-18)35-26(28-19)29-22(15-9-11-27-12-10-15)21(24(31)25(29)32)23(30)16-5-4-6-17(13-16)33-2/h4-14,22,30H,3H2,1-2H3. The van der Waals surface area contributed by atoms with Gasteiger partial charge in [-0.25, -0.2) is 4.98 Å². The van der Waals surface area contributed by atoms with Crippen molar-refractivity contribution in [3.8, 4) is 11.5 Å². The van der Waals surface area contributed by atoms with Crippen molar-refractivity contribution in [2.75, 3.05) is 18.6 Å². The van der Waals surface area contributed by atoms with E-state index in [-0.39, 0.29) is 11.3 Å². The number of aliphatic hydroxyl groups is 1. The Labute approximate surface area is 205 Å². The van der Waals surface area contributed by atoms with Crippen LogP contribution in [0.3, 0.4) is 0 Å². The van der Waals surface area contributed by atoms with E-state index in [4.69, 9.17) is 9.47 Å². The van der Waals surface area contributed by atoms with Gasteiger partial charge < -0.3 is 14.6 Å². The molecule has 0 aliphatic carbocycles. The summed E-state index contributed by atoms with van der Waals surface area (Å²) in [6, 6.07) is 14.7. The van der Waals surface area contributed by atoms with Crippen LogP contribution in [0.5, 0.6) is 11.5 Å². The van der Waals surface area contributed by atoms with Crippen molar-refractivity contribution in [1.29, 1.82) is 0 Å². The van der Waals surface area contributed by atoms with Crippen LogP contribution in [0.15, 0.2) is 72.6 Å². The lowest BCUT2D eigenvalue weighted by molar-refractivity contribution is -0.132. The molecule has 1 amide bonds. The number of carbonyl (C=O) groups is 2. The number of aromatic nitrogens is 2. The maximum Gasteiger partial charge on any atom is 0.301 e. The second-order valence-corrected chi connectivity index (χ2v) is 8.75. The summed E-state index contributed by atoms with van der Waals surface area (Å²) in [7, 11) is 1.51. The second kappa shape index (κ2) is 9.19. The normalized spacial score (nSPS) is 17.2. The number of ether oxygens (including phenoxy) is 2. The maximum absolute atomic E-state index is 13.3. The number of Topliss-reactive ketones (excluding diaryl/α,β-unsaturated/α-hetero) is 1. The van der Waals surface area contributed by atoms with E-state index >= 15 is 0 Å². The molecule has 2 aromatic carbocycles. The molecule has 2 aromatic heterocycles. The molecule has 1 saturated heterocycles. The molecule has 1 aliphatic rings. The Balaban J connectivity index is 1.68. The Morgan fingerprint density at radius 1 is 1.09 bits per heavy atom. The minimum absolute atomic E-state index is 0.0243. The van der Waals surface area contributed by atoms with Crippen LogP contribution in [0.25, 0.3) is 16.0 Å². The van der Waals surface area contributed by atoms with E-state index in [1.54, 1.807) is 48.8 Å². The summed E-state index contributed by atoms with van der Waals surface area (Å²) in [5.74, 6) is -0.631. The van der Waals surface area contributed by atoms with Gasteiger partial charge in [-0.3, -0.25) is 19.5 Å². The lowest BCUT2D eigenvalue weighted by atomic mass is 9.96. The summed E-state index contributed by atoms with van der Waals surface area (Å²) in [6.07, 6.45) is 3.15. The Hall–Kier alpha value is -4.24. The van der Waals surface area contributed by atoms with Gasteiger partial charge in [-0.15, -0.1) is 0 Å². The van der Waals surface area contributed by atoms with Crippen molar-refractivity contribution in [3.05, 3.63) is 83.7 Å². The van der Waals surface area contributed by atoms with Crippen LogP contribution >= 0.6 is 11.3 Å². The SMILES string of the molecule is CCOc1ccc2nc(N3C(=O)C(=O)C(=C(O)c4cccc(OC)c4)C3c3ccncc3)sc2c1. The molecule has 3 heterocycles.